The van der Waals surface area contributed by atoms with Crippen molar-refractivity contribution in [2.24, 2.45) is 0 Å². The fourth-order valence-electron chi connectivity index (χ4n) is 10.4. The summed E-state index contributed by atoms with van der Waals surface area (Å²) in [4.78, 5) is 25.7. The molecule has 0 amide bonds. The van der Waals surface area contributed by atoms with E-state index in [-0.39, 0.29) is 51.7 Å². The summed E-state index contributed by atoms with van der Waals surface area (Å²) in [5.41, 5.74) is 8.70. The minimum atomic E-state index is -0.661. The van der Waals surface area contributed by atoms with Gasteiger partial charge in [0.2, 0.25) is 0 Å². The number of likely N-dealkylation sites (N-methyl/N-ethyl adjacent to an activating group) is 2. The van der Waals surface area contributed by atoms with Crippen molar-refractivity contribution < 1.29 is 76.9 Å². The average Bonchev–Trinajstić information content (AvgIpc) is 3.37. The third-order valence-corrected chi connectivity index (χ3v) is 14.0. The lowest BCUT2D eigenvalue weighted by molar-refractivity contribution is -0.941. The standard InChI is InChI=1S/C53H70N2O14/c1-54(17-13-36-27-45(62-3)46(63-4)29-42(36)44(54)22-34-21-40(32-58)52(66-7)47(23-34)64-5)15-9-19-68-49(60)11-12-50(61)69-20-10-16-55(2)18-14-35-24-38(30-56)39(31-57)26-43(35)51(55)37-25-41(33-59)53(67-8)48(28-37)65-6/h11-12,21,23-29,44,51,56-59H,9-10,13-20,22,30-33H2,1-8H3/q+2. The lowest BCUT2D eigenvalue weighted by Gasteiger charge is -2.46. The Hall–Kier alpha value is -5.88. The Morgan fingerprint density at radius 1 is 0.551 bits per heavy atom. The fraction of sp³-hybridized carbons (Fsp3) is 0.472. The van der Waals surface area contributed by atoms with Gasteiger partial charge in [0.05, 0.1) is 123 Å². The van der Waals surface area contributed by atoms with Gasteiger partial charge in [-0.1, -0.05) is 6.07 Å². The van der Waals surface area contributed by atoms with Crippen LogP contribution in [0.4, 0.5) is 0 Å². The Morgan fingerprint density at radius 2 is 1.04 bits per heavy atom. The second kappa shape index (κ2) is 23.6. The Balaban J connectivity index is 1.08. The summed E-state index contributed by atoms with van der Waals surface area (Å²) in [6.45, 7) is 2.17. The monoisotopic (exact) mass is 958 g/mol. The third kappa shape index (κ3) is 11.6. The fourth-order valence-corrected chi connectivity index (χ4v) is 10.4. The molecule has 0 saturated carbocycles. The molecule has 0 aliphatic carbocycles. The number of ether oxygens (including phenoxy) is 8. The summed E-state index contributed by atoms with van der Waals surface area (Å²) in [6.07, 6.45) is 5.38. The maximum Gasteiger partial charge on any atom is 0.331 e. The smallest absolute Gasteiger partial charge is 0.331 e. The summed E-state index contributed by atoms with van der Waals surface area (Å²) in [7, 11) is 13.8. The van der Waals surface area contributed by atoms with Gasteiger partial charge in [-0.3, -0.25) is 0 Å². The normalized spacial score (nSPS) is 19.6. The number of aliphatic hydroxyl groups is 4. The molecule has 0 fully saturated rings. The van der Waals surface area contributed by atoms with E-state index in [2.05, 4.69) is 20.2 Å². The number of methoxy groups -OCH3 is 6. The molecule has 69 heavy (non-hydrogen) atoms. The highest BCUT2D eigenvalue weighted by atomic mass is 16.5. The lowest BCUT2D eigenvalue weighted by atomic mass is 9.83. The quantitative estimate of drug-likeness (QED) is 0.0328. The second-order valence-electron chi connectivity index (χ2n) is 18.1. The van der Waals surface area contributed by atoms with E-state index in [0.29, 0.717) is 98.1 Å². The van der Waals surface area contributed by atoms with Crippen LogP contribution >= 0.6 is 0 Å². The minimum absolute atomic E-state index is 0.0333. The molecule has 4 N–H and O–H groups in total. The molecule has 16 nitrogen and oxygen atoms in total. The van der Waals surface area contributed by atoms with Crippen LogP contribution in [0.15, 0.2) is 60.7 Å². The van der Waals surface area contributed by atoms with Crippen LogP contribution in [0.5, 0.6) is 34.5 Å². The highest BCUT2D eigenvalue weighted by molar-refractivity contribution is 5.91. The number of fused-ring (bicyclic) bond motifs is 2. The van der Waals surface area contributed by atoms with Crippen LogP contribution < -0.4 is 28.4 Å². The molecule has 2 aliphatic rings. The molecule has 0 radical (unpaired) electrons. The topological polar surface area (TPSA) is 189 Å². The highest BCUT2D eigenvalue weighted by Gasteiger charge is 2.42. The highest BCUT2D eigenvalue weighted by Crippen LogP contribution is 2.46. The van der Waals surface area contributed by atoms with Crippen LogP contribution in [0.1, 0.15) is 80.6 Å². The van der Waals surface area contributed by atoms with Crippen molar-refractivity contribution in [2.75, 3.05) is 96.1 Å². The number of rotatable bonds is 23. The number of hydrogen-bond donors (Lipinski definition) is 4. The molecule has 374 valence electrons. The van der Waals surface area contributed by atoms with Crippen LogP contribution in [0, 0.1) is 0 Å². The van der Waals surface area contributed by atoms with E-state index in [1.807, 2.05) is 42.5 Å². The molecule has 4 aromatic rings. The van der Waals surface area contributed by atoms with Gasteiger partial charge in [-0.25, -0.2) is 9.59 Å². The SMILES string of the molecule is COc1cc2c(cc1OC)C(Cc1cc(CO)c(OC)c(OC)c1)[N+](C)(CCCOC(=O)C=CC(=O)OCCC[N+]1(C)CCc3cc(CO)c(CO)cc3C1c1cc(CO)c(OC)c(OC)c1)CC2. The van der Waals surface area contributed by atoms with Crippen molar-refractivity contribution >= 4 is 11.9 Å². The predicted molar refractivity (Wildman–Crippen MR) is 257 cm³/mol. The number of aliphatic hydroxyl groups excluding tert-OH is 4. The Labute approximate surface area is 405 Å². The number of nitrogens with zero attached hydrogens (tertiary/aromatic N) is 2. The van der Waals surface area contributed by atoms with Gasteiger partial charge in [-0.05, 0) is 70.3 Å². The molecular formula is C53H70N2O14+2. The van der Waals surface area contributed by atoms with Gasteiger partial charge in [0.25, 0.3) is 0 Å². The van der Waals surface area contributed by atoms with Gasteiger partial charge in [0.1, 0.15) is 12.1 Å². The van der Waals surface area contributed by atoms with Gasteiger partial charge >= 0.3 is 11.9 Å². The number of carbonyl (C=O) groups excluding carboxylic acids is 2. The largest absolute Gasteiger partial charge is 0.493 e. The van der Waals surface area contributed by atoms with E-state index < -0.39 is 11.9 Å². The van der Waals surface area contributed by atoms with E-state index in [0.717, 1.165) is 65.9 Å². The molecule has 2 heterocycles. The van der Waals surface area contributed by atoms with Gasteiger partial charge in [0.15, 0.2) is 34.5 Å². The molecule has 0 saturated heterocycles. The molecule has 0 spiro atoms. The average molecular weight is 959 g/mol. The van der Waals surface area contributed by atoms with Crippen LogP contribution in [-0.2, 0) is 64.8 Å². The van der Waals surface area contributed by atoms with Gasteiger partial charge < -0.3 is 67.3 Å². The number of carbonyl (C=O) groups is 2. The lowest BCUT2D eigenvalue weighted by Crippen LogP contribution is -2.52. The van der Waals surface area contributed by atoms with Crippen molar-refractivity contribution in [3.05, 3.63) is 116 Å². The minimum Gasteiger partial charge on any atom is -0.493 e. The van der Waals surface area contributed by atoms with Crippen LogP contribution in [0.25, 0.3) is 0 Å². The van der Waals surface area contributed by atoms with Crippen molar-refractivity contribution in [3.8, 4) is 34.5 Å². The number of benzene rings is 4. The number of esters is 2. The van der Waals surface area contributed by atoms with Crippen molar-refractivity contribution in [1.82, 2.24) is 0 Å². The van der Waals surface area contributed by atoms with Crippen molar-refractivity contribution in [1.29, 1.82) is 0 Å². The first-order chi connectivity index (χ1) is 33.3. The first kappa shape index (κ1) is 52.5. The first-order valence-electron chi connectivity index (χ1n) is 23.3. The van der Waals surface area contributed by atoms with E-state index in [4.69, 9.17) is 37.9 Å². The summed E-state index contributed by atoms with van der Waals surface area (Å²) in [6, 6.07) is 15.4. The summed E-state index contributed by atoms with van der Waals surface area (Å²) in [5.74, 6) is 1.95. The summed E-state index contributed by atoms with van der Waals surface area (Å²) >= 11 is 0. The van der Waals surface area contributed by atoms with Crippen molar-refractivity contribution in [2.45, 2.75) is 70.6 Å². The predicted octanol–water partition coefficient (Wildman–Crippen LogP) is 5.21. The molecule has 0 aromatic heterocycles. The third-order valence-electron chi connectivity index (χ3n) is 14.0. The Morgan fingerprint density at radius 3 is 1.59 bits per heavy atom. The Bertz CT molecular complexity index is 2420. The van der Waals surface area contributed by atoms with Gasteiger partial charge in [-0.15, -0.1) is 0 Å². The first-order valence-corrected chi connectivity index (χ1v) is 23.3. The zero-order valence-corrected chi connectivity index (χ0v) is 41.3. The van der Waals surface area contributed by atoms with E-state index in [1.165, 1.54) is 12.7 Å². The van der Waals surface area contributed by atoms with E-state index in [1.54, 1.807) is 35.5 Å². The van der Waals surface area contributed by atoms with Crippen LogP contribution in [0.2, 0.25) is 0 Å². The second-order valence-corrected chi connectivity index (χ2v) is 18.1. The summed E-state index contributed by atoms with van der Waals surface area (Å²) in [5, 5.41) is 40.8. The van der Waals surface area contributed by atoms with Crippen molar-refractivity contribution in [3.63, 3.8) is 0 Å². The molecule has 16 heteroatoms. The van der Waals surface area contributed by atoms with Crippen LogP contribution in [-0.4, -0.2) is 137 Å². The zero-order chi connectivity index (χ0) is 49.9. The molecular weight excluding hydrogens is 889 g/mol. The maximum atomic E-state index is 12.9. The molecule has 4 atom stereocenters. The van der Waals surface area contributed by atoms with E-state index >= 15 is 0 Å². The zero-order valence-electron chi connectivity index (χ0n) is 41.3. The Kier molecular flexibility index (Phi) is 18.0. The molecule has 2 aliphatic heterocycles. The molecule has 6 rings (SSSR count). The van der Waals surface area contributed by atoms with Crippen LogP contribution in [0.3, 0.4) is 0 Å². The molecule has 4 unspecified atom stereocenters. The van der Waals surface area contributed by atoms with E-state index in [9.17, 15) is 30.0 Å². The summed E-state index contributed by atoms with van der Waals surface area (Å²) < 4.78 is 46.2. The molecule has 4 aromatic carbocycles. The van der Waals surface area contributed by atoms with Gasteiger partial charge in [-0.2, -0.15) is 0 Å². The number of hydrogen-bond acceptors (Lipinski definition) is 14. The van der Waals surface area contributed by atoms with Gasteiger partial charge in [0, 0.05) is 72.1 Å². The maximum absolute atomic E-state index is 12.9. The molecule has 0 bridgehead atoms. The number of quaternary nitrogens is 2.